The summed E-state index contributed by atoms with van der Waals surface area (Å²) in [6.45, 7) is 6.11. The molecule has 6 aromatic rings. The van der Waals surface area contributed by atoms with Crippen LogP contribution in [-0.4, -0.2) is 24.1 Å². The molecule has 0 bridgehead atoms. The van der Waals surface area contributed by atoms with E-state index in [0.717, 1.165) is 33.6 Å². The van der Waals surface area contributed by atoms with Gasteiger partial charge in [-0.25, -0.2) is 9.55 Å². The fourth-order valence-corrected chi connectivity index (χ4v) is 5.12. The molecule has 8 heteroatoms. The normalized spacial score (nSPS) is 11.5. The van der Waals surface area contributed by atoms with Gasteiger partial charge >= 0.3 is 0 Å². The van der Waals surface area contributed by atoms with E-state index in [4.69, 9.17) is 4.42 Å². The smallest absolute Gasteiger partial charge is 0.267 e. The molecule has 0 atom stereocenters. The van der Waals surface area contributed by atoms with Gasteiger partial charge in [-0.2, -0.15) is 0 Å². The Morgan fingerprint density at radius 2 is 1.72 bits per heavy atom. The van der Waals surface area contributed by atoms with Crippen molar-refractivity contribution in [3.63, 3.8) is 0 Å². The van der Waals surface area contributed by atoms with Crippen LogP contribution in [0.2, 0.25) is 0 Å². The van der Waals surface area contributed by atoms with Crippen LogP contribution >= 0.6 is 11.8 Å². The molecule has 3 aromatic heterocycles. The largest absolute Gasteiger partial charge is 0.444 e. The summed E-state index contributed by atoms with van der Waals surface area (Å²) in [5, 5.41) is 10.2. The van der Waals surface area contributed by atoms with Crippen molar-refractivity contribution >= 4 is 28.4 Å². The van der Waals surface area contributed by atoms with Gasteiger partial charge in [-0.15, -0.1) is 10.2 Å². The van der Waals surface area contributed by atoms with Gasteiger partial charge in [0.25, 0.3) is 5.56 Å². The number of hydrogen-bond donors (Lipinski definition) is 0. The molecule has 0 radical (unpaired) electrons. The Hall–Kier alpha value is -4.17. The van der Waals surface area contributed by atoms with Crippen LogP contribution in [0.1, 0.15) is 22.4 Å². The van der Waals surface area contributed by atoms with Crippen LogP contribution in [0.15, 0.2) is 87.4 Å². The topological polar surface area (TPSA) is 78.2 Å². The summed E-state index contributed by atoms with van der Waals surface area (Å²) in [6.07, 6.45) is 1.68. The Kier molecular flexibility index (Phi) is 5.45. The Morgan fingerprint density at radius 3 is 2.56 bits per heavy atom. The number of benzene rings is 3. The number of nitrogens with zero attached hydrogens (tertiary/aromatic N) is 5. The van der Waals surface area contributed by atoms with E-state index in [1.54, 1.807) is 10.8 Å². The summed E-state index contributed by atoms with van der Waals surface area (Å²) >= 11 is 1.50. The van der Waals surface area contributed by atoms with Crippen LogP contribution in [0, 0.1) is 20.8 Å². The molecule has 0 saturated heterocycles. The minimum atomic E-state index is -0.116. The van der Waals surface area contributed by atoms with Crippen molar-refractivity contribution in [2.75, 3.05) is 0 Å². The second-order valence-electron chi connectivity index (χ2n) is 8.79. The standard InChI is InChI=1S/C28H23N5O2S/c1-17-11-13-20(14-12-17)25-29-21(15-35-25)16-36-28-31-30-27-32(23-10-6-7-18(2)19(23)3)26(34)22-8-4-5-9-24(22)33(27)28/h4-15H,16H2,1-3H3. The number of para-hydroxylation sites is 1. The van der Waals surface area contributed by atoms with Gasteiger partial charge < -0.3 is 4.42 Å². The summed E-state index contributed by atoms with van der Waals surface area (Å²) < 4.78 is 9.33. The Balaban J connectivity index is 1.43. The predicted octanol–water partition coefficient (Wildman–Crippen LogP) is 5.91. The summed E-state index contributed by atoms with van der Waals surface area (Å²) in [6, 6.07) is 21.6. The van der Waals surface area contributed by atoms with Gasteiger partial charge in [-0.1, -0.05) is 53.7 Å². The maximum absolute atomic E-state index is 13.6. The van der Waals surface area contributed by atoms with Crippen LogP contribution in [0.4, 0.5) is 0 Å². The third kappa shape index (κ3) is 3.70. The average molecular weight is 494 g/mol. The maximum Gasteiger partial charge on any atom is 0.267 e. The number of oxazole rings is 1. The number of aryl methyl sites for hydroxylation is 2. The lowest BCUT2D eigenvalue weighted by atomic mass is 10.1. The first-order valence-corrected chi connectivity index (χ1v) is 12.6. The van der Waals surface area contributed by atoms with E-state index in [9.17, 15) is 4.79 Å². The number of thioether (sulfide) groups is 1. The van der Waals surface area contributed by atoms with Crippen molar-refractivity contribution in [1.82, 2.24) is 24.1 Å². The zero-order valence-electron chi connectivity index (χ0n) is 20.1. The first kappa shape index (κ1) is 22.3. The van der Waals surface area contributed by atoms with Crippen molar-refractivity contribution in [2.45, 2.75) is 31.7 Å². The maximum atomic E-state index is 13.6. The molecule has 3 aromatic carbocycles. The second kappa shape index (κ2) is 8.80. The zero-order valence-corrected chi connectivity index (χ0v) is 20.9. The zero-order chi connectivity index (χ0) is 24.8. The quantitative estimate of drug-likeness (QED) is 0.278. The molecule has 3 heterocycles. The molecule has 36 heavy (non-hydrogen) atoms. The van der Waals surface area contributed by atoms with Gasteiger partial charge in [0.15, 0.2) is 5.16 Å². The molecule has 0 aliphatic carbocycles. The van der Waals surface area contributed by atoms with E-state index in [-0.39, 0.29) is 5.56 Å². The number of rotatable bonds is 5. The van der Waals surface area contributed by atoms with E-state index in [0.29, 0.717) is 28.0 Å². The Morgan fingerprint density at radius 1 is 0.917 bits per heavy atom. The molecule has 0 aliphatic rings. The van der Waals surface area contributed by atoms with Crippen molar-refractivity contribution in [2.24, 2.45) is 0 Å². The van der Waals surface area contributed by atoms with Crippen LogP contribution in [0.5, 0.6) is 0 Å². The van der Waals surface area contributed by atoms with E-state index in [2.05, 4.69) is 15.2 Å². The van der Waals surface area contributed by atoms with Gasteiger partial charge in [-0.05, 0) is 62.2 Å². The number of aromatic nitrogens is 5. The summed E-state index contributed by atoms with van der Waals surface area (Å²) in [4.78, 5) is 18.3. The Labute approximate surface area is 211 Å². The molecule has 0 spiro atoms. The minimum absolute atomic E-state index is 0.116. The average Bonchev–Trinajstić information content (AvgIpc) is 3.53. The van der Waals surface area contributed by atoms with E-state index >= 15 is 0 Å². The van der Waals surface area contributed by atoms with Crippen molar-refractivity contribution < 1.29 is 4.42 Å². The van der Waals surface area contributed by atoms with Gasteiger partial charge in [0.1, 0.15) is 6.26 Å². The van der Waals surface area contributed by atoms with Crippen molar-refractivity contribution in [3.8, 4) is 17.1 Å². The van der Waals surface area contributed by atoms with Crippen molar-refractivity contribution in [1.29, 1.82) is 0 Å². The molecule has 6 rings (SSSR count). The van der Waals surface area contributed by atoms with Crippen molar-refractivity contribution in [3.05, 3.63) is 106 Å². The van der Waals surface area contributed by atoms with E-state index in [1.165, 1.54) is 17.3 Å². The minimum Gasteiger partial charge on any atom is -0.444 e. The van der Waals surface area contributed by atoms with Gasteiger partial charge in [0, 0.05) is 11.3 Å². The fraction of sp³-hybridized carbons (Fsp3) is 0.143. The molecule has 7 nitrogen and oxygen atoms in total. The molecule has 0 aliphatic heterocycles. The van der Waals surface area contributed by atoms with Gasteiger partial charge in [0.2, 0.25) is 11.7 Å². The molecule has 0 unspecified atom stereocenters. The summed E-state index contributed by atoms with van der Waals surface area (Å²) in [5.74, 6) is 1.62. The van der Waals surface area contributed by atoms with E-state index in [1.807, 2.05) is 91.9 Å². The molecule has 0 fully saturated rings. The summed E-state index contributed by atoms with van der Waals surface area (Å²) in [5.41, 5.74) is 6.52. The first-order valence-electron chi connectivity index (χ1n) is 11.6. The van der Waals surface area contributed by atoms with E-state index < -0.39 is 0 Å². The highest BCUT2D eigenvalue weighted by Crippen LogP contribution is 2.28. The van der Waals surface area contributed by atoms with Gasteiger partial charge in [0.05, 0.1) is 22.3 Å². The number of fused-ring (bicyclic) bond motifs is 3. The SMILES string of the molecule is Cc1ccc(-c2nc(CSc3nnc4n(-c5cccc(C)c5C)c(=O)c5ccccc5n34)co2)cc1. The first-order chi connectivity index (χ1) is 17.5. The highest BCUT2D eigenvalue weighted by Gasteiger charge is 2.19. The molecule has 0 saturated carbocycles. The van der Waals surface area contributed by atoms with Crippen LogP contribution in [0.25, 0.3) is 33.8 Å². The van der Waals surface area contributed by atoms with Gasteiger partial charge in [-0.3, -0.25) is 9.20 Å². The molecular formula is C28H23N5O2S. The lowest BCUT2D eigenvalue weighted by molar-refractivity contribution is 0.573. The third-order valence-corrected chi connectivity index (χ3v) is 7.37. The molecular weight excluding hydrogens is 470 g/mol. The van der Waals surface area contributed by atoms with Crippen LogP contribution < -0.4 is 5.56 Å². The number of hydrogen-bond acceptors (Lipinski definition) is 6. The lowest BCUT2D eigenvalue weighted by Gasteiger charge is -2.14. The molecule has 178 valence electrons. The van der Waals surface area contributed by atoms with Crippen LogP contribution in [0.3, 0.4) is 0 Å². The molecule has 0 N–H and O–H groups in total. The monoisotopic (exact) mass is 493 g/mol. The molecule has 0 amide bonds. The highest BCUT2D eigenvalue weighted by atomic mass is 32.2. The van der Waals surface area contributed by atoms with Crippen LogP contribution in [-0.2, 0) is 5.75 Å². The third-order valence-electron chi connectivity index (χ3n) is 6.41. The second-order valence-corrected chi connectivity index (χ2v) is 9.74. The predicted molar refractivity (Wildman–Crippen MR) is 142 cm³/mol. The highest BCUT2D eigenvalue weighted by molar-refractivity contribution is 7.98. The summed E-state index contributed by atoms with van der Waals surface area (Å²) in [7, 11) is 0. The lowest BCUT2D eigenvalue weighted by Crippen LogP contribution is -2.22. The fourth-order valence-electron chi connectivity index (χ4n) is 4.31. The Bertz CT molecular complexity index is 1800.